The zero-order chi connectivity index (χ0) is 22.0. The maximum atomic E-state index is 13.6. The van der Waals surface area contributed by atoms with Gasteiger partial charge in [-0.2, -0.15) is 5.10 Å². The van der Waals surface area contributed by atoms with Crippen LogP contribution in [0.15, 0.2) is 30.6 Å². The number of hydrogen-bond acceptors (Lipinski definition) is 4. The lowest BCUT2D eigenvalue weighted by Crippen LogP contribution is -2.45. The van der Waals surface area contributed by atoms with Crippen LogP contribution in [-0.4, -0.2) is 51.1 Å². The van der Waals surface area contributed by atoms with Crippen LogP contribution in [0.5, 0.6) is 0 Å². The molecule has 2 amide bonds. The fourth-order valence-electron chi connectivity index (χ4n) is 5.21. The SMILES string of the molecule is CNC(=O)[C@@H]1C[C@@H](C2CCCCC2)CN1C(=O)c1cc(C(C)C)n(-c2ccncc2)n1. The molecule has 1 saturated heterocycles. The Hall–Kier alpha value is -2.70. The maximum absolute atomic E-state index is 13.6. The van der Waals surface area contributed by atoms with Gasteiger partial charge in [-0.15, -0.1) is 0 Å². The van der Waals surface area contributed by atoms with Crippen LogP contribution in [0.2, 0.25) is 0 Å². The number of rotatable bonds is 5. The van der Waals surface area contributed by atoms with E-state index in [1.54, 1.807) is 24.3 Å². The molecule has 7 heteroatoms. The topological polar surface area (TPSA) is 80.1 Å². The van der Waals surface area contributed by atoms with E-state index >= 15 is 0 Å². The second-order valence-corrected chi connectivity index (χ2v) is 9.21. The number of likely N-dealkylation sites (N-methyl/N-ethyl adjacent to an activating group) is 1. The van der Waals surface area contributed by atoms with Crippen molar-refractivity contribution in [3.8, 4) is 5.69 Å². The van der Waals surface area contributed by atoms with Crippen LogP contribution in [0.3, 0.4) is 0 Å². The van der Waals surface area contributed by atoms with Crippen molar-refractivity contribution in [1.82, 2.24) is 25.0 Å². The molecule has 0 aromatic carbocycles. The first-order valence-electron chi connectivity index (χ1n) is 11.5. The monoisotopic (exact) mass is 423 g/mol. The molecule has 1 aliphatic carbocycles. The molecule has 166 valence electrons. The molecule has 0 radical (unpaired) electrons. The molecule has 1 N–H and O–H groups in total. The lowest BCUT2D eigenvalue weighted by molar-refractivity contribution is -0.124. The summed E-state index contributed by atoms with van der Waals surface area (Å²) in [6.45, 7) is 4.82. The predicted octanol–water partition coefficient (Wildman–Crippen LogP) is 3.55. The molecule has 3 heterocycles. The van der Waals surface area contributed by atoms with E-state index in [0.29, 0.717) is 24.1 Å². The minimum atomic E-state index is -0.419. The molecule has 2 aliphatic rings. The van der Waals surface area contributed by atoms with E-state index in [9.17, 15) is 9.59 Å². The first-order valence-corrected chi connectivity index (χ1v) is 11.5. The summed E-state index contributed by atoms with van der Waals surface area (Å²) < 4.78 is 1.82. The second kappa shape index (κ2) is 9.20. The van der Waals surface area contributed by atoms with Crippen molar-refractivity contribution in [2.75, 3.05) is 13.6 Å². The molecule has 2 fully saturated rings. The minimum absolute atomic E-state index is 0.0793. The highest BCUT2D eigenvalue weighted by Crippen LogP contribution is 2.38. The number of nitrogens with one attached hydrogen (secondary N) is 1. The Morgan fingerprint density at radius 1 is 1.10 bits per heavy atom. The van der Waals surface area contributed by atoms with Crippen LogP contribution >= 0.6 is 0 Å². The number of carbonyl (C=O) groups is 2. The van der Waals surface area contributed by atoms with E-state index in [0.717, 1.165) is 17.8 Å². The fourth-order valence-corrected chi connectivity index (χ4v) is 5.21. The van der Waals surface area contributed by atoms with Crippen LogP contribution in [0.25, 0.3) is 5.69 Å². The molecule has 0 spiro atoms. The maximum Gasteiger partial charge on any atom is 0.275 e. The third kappa shape index (κ3) is 4.36. The van der Waals surface area contributed by atoms with Gasteiger partial charge in [0.2, 0.25) is 5.91 Å². The van der Waals surface area contributed by atoms with Gasteiger partial charge in [0.05, 0.1) is 5.69 Å². The molecule has 1 saturated carbocycles. The van der Waals surface area contributed by atoms with Crippen LogP contribution < -0.4 is 5.32 Å². The van der Waals surface area contributed by atoms with Gasteiger partial charge >= 0.3 is 0 Å². The Morgan fingerprint density at radius 2 is 1.81 bits per heavy atom. The summed E-state index contributed by atoms with van der Waals surface area (Å²) in [6.07, 6.45) is 10.4. The van der Waals surface area contributed by atoms with Crippen LogP contribution in [0.4, 0.5) is 0 Å². The third-order valence-electron chi connectivity index (χ3n) is 6.91. The van der Waals surface area contributed by atoms with Gasteiger partial charge in [0.25, 0.3) is 5.91 Å². The standard InChI is InChI=1S/C24H33N5O2/c1-16(2)21-14-20(27-29(21)19-9-11-26-12-10-19)24(31)28-15-18(13-22(28)23(30)25-3)17-7-5-4-6-8-17/h9-12,14,16-18,22H,4-8,13,15H2,1-3H3,(H,25,30)/t18-,22+/m1/s1. The normalized spacial score (nSPS) is 22.1. The number of aromatic nitrogens is 3. The summed E-state index contributed by atoms with van der Waals surface area (Å²) in [4.78, 5) is 32.1. The predicted molar refractivity (Wildman–Crippen MR) is 119 cm³/mol. The Kier molecular flexibility index (Phi) is 6.39. The number of pyridine rings is 1. The number of likely N-dealkylation sites (tertiary alicyclic amines) is 1. The van der Waals surface area contributed by atoms with Gasteiger partial charge in [0.1, 0.15) is 6.04 Å². The van der Waals surface area contributed by atoms with Crippen LogP contribution in [-0.2, 0) is 4.79 Å². The molecule has 2 aromatic rings. The largest absolute Gasteiger partial charge is 0.357 e. The molecule has 0 bridgehead atoms. The van der Waals surface area contributed by atoms with Crippen LogP contribution in [0, 0.1) is 11.8 Å². The smallest absolute Gasteiger partial charge is 0.275 e. The van der Waals surface area contributed by atoms with Crippen molar-refractivity contribution in [3.05, 3.63) is 42.0 Å². The summed E-state index contributed by atoms with van der Waals surface area (Å²) in [7, 11) is 1.65. The van der Waals surface area contributed by atoms with E-state index < -0.39 is 6.04 Å². The van der Waals surface area contributed by atoms with E-state index in [1.165, 1.54) is 32.1 Å². The second-order valence-electron chi connectivity index (χ2n) is 9.21. The number of nitrogens with zero attached hydrogens (tertiary/aromatic N) is 4. The molecule has 31 heavy (non-hydrogen) atoms. The first-order chi connectivity index (χ1) is 15.0. The highest BCUT2D eigenvalue weighted by atomic mass is 16.2. The number of hydrogen-bond donors (Lipinski definition) is 1. The van der Waals surface area contributed by atoms with Gasteiger partial charge in [-0.1, -0.05) is 46.0 Å². The molecular weight excluding hydrogens is 390 g/mol. The third-order valence-corrected chi connectivity index (χ3v) is 6.91. The van der Waals surface area contributed by atoms with Crippen molar-refractivity contribution in [2.24, 2.45) is 11.8 Å². The minimum Gasteiger partial charge on any atom is -0.357 e. The molecular formula is C24H33N5O2. The van der Waals surface area contributed by atoms with Gasteiger partial charge in [-0.3, -0.25) is 14.6 Å². The zero-order valence-corrected chi connectivity index (χ0v) is 18.8. The molecule has 1 aliphatic heterocycles. The molecule has 0 unspecified atom stereocenters. The Balaban J connectivity index is 1.63. The van der Waals surface area contributed by atoms with Crippen molar-refractivity contribution in [1.29, 1.82) is 0 Å². The van der Waals surface area contributed by atoms with Crippen molar-refractivity contribution in [2.45, 2.75) is 64.3 Å². The van der Waals surface area contributed by atoms with Crippen molar-refractivity contribution in [3.63, 3.8) is 0 Å². The molecule has 2 atom stereocenters. The highest BCUT2D eigenvalue weighted by Gasteiger charge is 2.43. The van der Waals surface area contributed by atoms with Crippen molar-refractivity contribution >= 4 is 11.8 Å². The first kappa shape index (κ1) is 21.5. The number of carbonyl (C=O) groups excluding carboxylic acids is 2. The van der Waals surface area contributed by atoms with Gasteiger partial charge in [0.15, 0.2) is 5.69 Å². The average Bonchev–Trinajstić information content (AvgIpc) is 3.45. The molecule has 2 aromatic heterocycles. The summed E-state index contributed by atoms with van der Waals surface area (Å²) in [5.41, 5.74) is 2.25. The number of amides is 2. The zero-order valence-electron chi connectivity index (χ0n) is 18.8. The van der Waals surface area contributed by atoms with E-state index in [1.807, 2.05) is 22.9 Å². The molecule has 7 nitrogen and oxygen atoms in total. The van der Waals surface area contributed by atoms with Gasteiger partial charge in [0, 0.05) is 31.7 Å². The fraction of sp³-hybridized carbons (Fsp3) is 0.583. The quantitative estimate of drug-likeness (QED) is 0.798. The summed E-state index contributed by atoms with van der Waals surface area (Å²) in [5.74, 6) is 0.967. The van der Waals surface area contributed by atoms with E-state index in [-0.39, 0.29) is 17.7 Å². The highest BCUT2D eigenvalue weighted by molar-refractivity contribution is 5.96. The molecule has 4 rings (SSSR count). The lowest BCUT2D eigenvalue weighted by Gasteiger charge is -2.27. The van der Waals surface area contributed by atoms with Crippen LogP contribution in [0.1, 0.15) is 74.5 Å². The summed E-state index contributed by atoms with van der Waals surface area (Å²) >= 11 is 0. The lowest BCUT2D eigenvalue weighted by atomic mass is 9.79. The summed E-state index contributed by atoms with van der Waals surface area (Å²) in [5, 5.41) is 7.43. The summed E-state index contributed by atoms with van der Waals surface area (Å²) in [6, 6.07) is 5.23. The van der Waals surface area contributed by atoms with Gasteiger partial charge in [-0.25, -0.2) is 4.68 Å². The Labute approximate surface area is 184 Å². The average molecular weight is 424 g/mol. The Bertz CT molecular complexity index is 917. The van der Waals surface area contributed by atoms with E-state index in [4.69, 9.17) is 0 Å². The Morgan fingerprint density at radius 3 is 2.45 bits per heavy atom. The van der Waals surface area contributed by atoms with E-state index in [2.05, 4.69) is 29.2 Å². The van der Waals surface area contributed by atoms with Crippen molar-refractivity contribution < 1.29 is 9.59 Å². The van der Waals surface area contributed by atoms with Gasteiger partial charge in [-0.05, 0) is 42.4 Å². The van der Waals surface area contributed by atoms with Gasteiger partial charge < -0.3 is 10.2 Å².